The maximum Gasteiger partial charge on any atom is 0.330 e. The Labute approximate surface area is 285 Å². The van der Waals surface area contributed by atoms with E-state index < -0.39 is 134 Å². The van der Waals surface area contributed by atoms with Gasteiger partial charge in [-0.2, -0.15) is 0 Å². The summed E-state index contributed by atoms with van der Waals surface area (Å²) in [7, 11) is -69.2. The third kappa shape index (κ3) is 16.5. The molecule has 0 saturated heterocycles. The lowest BCUT2D eigenvalue weighted by molar-refractivity contribution is 0.270. The van der Waals surface area contributed by atoms with Gasteiger partial charge in [0.1, 0.15) is 0 Å². The minimum atomic E-state index is -7.39. The summed E-state index contributed by atoms with van der Waals surface area (Å²) < 4.78 is 124. The fourth-order valence-corrected chi connectivity index (χ4v) is 26.0. The summed E-state index contributed by atoms with van der Waals surface area (Å²) in [6, 6.07) is 0. The van der Waals surface area contributed by atoms with Gasteiger partial charge in [-0.3, -0.25) is 45.7 Å². The van der Waals surface area contributed by atoms with Crippen LogP contribution in [0.3, 0.4) is 0 Å². The Bertz CT molecular complexity index is 1590. The largest absolute Gasteiger partial charge is 0.330 e. The predicted molar refractivity (Wildman–Crippen MR) is 166 cm³/mol. The van der Waals surface area contributed by atoms with Crippen molar-refractivity contribution in [3.05, 3.63) is 0 Å². The van der Waals surface area contributed by atoms with Crippen molar-refractivity contribution in [2.75, 3.05) is 12.3 Å². The molecule has 0 aromatic heterocycles. The van der Waals surface area contributed by atoms with Crippen molar-refractivity contribution in [2.45, 2.75) is 45.3 Å². The van der Waals surface area contributed by atoms with Crippen LogP contribution in [0.4, 0.5) is 0 Å². The molecular formula is C10H32BO30P10. The Hall–Kier alpha value is 1.56. The molecule has 0 bridgehead atoms. The van der Waals surface area contributed by atoms with Gasteiger partial charge in [0.05, 0.1) is 57.6 Å². The highest BCUT2D eigenvalue weighted by molar-refractivity contribution is 7.64. The normalized spacial score (nSPS) is 19.9. The first-order chi connectivity index (χ1) is 21.2. The third-order valence-electron chi connectivity index (χ3n) is 6.58. The first-order valence-electron chi connectivity index (χ1n) is 11.7. The molecule has 0 fully saturated rings. The third-order valence-corrected chi connectivity index (χ3v) is 21.9. The average molecular weight is 953 g/mol. The summed E-state index contributed by atoms with van der Waals surface area (Å²) in [6.45, 7) is 0. The topological polar surface area (TPSA) is 575 Å². The van der Waals surface area contributed by atoms with E-state index in [1.54, 1.807) is 0 Å². The highest BCUT2D eigenvalue weighted by atomic mass is 31.2. The van der Waals surface area contributed by atoms with Crippen LogP contribution in [0.1, 0.15) is 0 Å². The Morgan fingerprint density at radius 2 is 0.392 bits per heavy atom. The molecular weight excluding hydrogens is 921 g/mol. The summed E-state index contributed by atoms with van der Waals surface area (Å²) in [5.74, 6) is 0. The molecule has 0 amide bonds. The molecule has 30 nitrogen and oxygen atoms in total. The van der Waals surface area contributed by atoms with Gasteiger partial charge in [-0.1, -0.05) is 0 Å². The van der Waals surface area contributed by atoms with Crippen molar-refractivity contribution in [3.8, 4) is 0 Å². The van der Waals surface area contributed by atoms with Crippen LogP contribution in [-0.2, 0) is 45.7 Å². The Kier molecular flexibility index (Phi) is 18.4. The summed E-state index contributed by atoms with van der Waals surface area (Å²) >= 11 is 0. The van der Waals surface area contributed by atoms with Crippen LogP contribution in [0, 0.1) is 0 Å². The molecule has 0 saturated carbocycles. The van der Waals surface area contributed by atoms with E-state index in [-0.39, 0.29) is 8.41 Å². The van der Waals surface area contributed by atoms with E-state index in [4.69, 9.17) is 0 Å². The molecule has 41 heteroatoms. The minimum absolute atomic E-state index is 0. The van der Waals surface area contributed by atoms with Gasteiger partial charge in [-0.25, -0.2) is 0 Å². The predicted octanol–water partition coefficient (Wildman–Crippen LogP) is -4.67. The molecule has 51 heavy (non-hydrogen) atoms. The zero-order valence-corrected chi connectivity index (χ0v) is 33.1. The lowest BCUT2D eigenvalue weighted by Gasteiger charge is -2.45. The first-order valence-corrected chi connectivity index (χ1v) is 28.7. The van der Waals surface area contributed by atoms with Gasteiger partial charge in [0.25, 0.3) is 0 Å². The molecule has 0 aromatic carbocycles. The van der Waals surface area contributed by atoms with E-state index in [1.807, 2.05) is 0 Å². The second-order valence-electron chi connectivity index (χ2n) is 10.5. The van der Waals surface area contributed by atoms with Crippen molar-refractivity contribution in [2.24, 2.45) is 0 Å². The lowest BCUT2D eigenvalue weighted by atomic mass is 10.0. The second-order valence-corrected chi connectivity index (χ2v) is 28.2. The fourth-order valence-electron chi connectivity index (χ4n) is 5.02. The highest BCUT2D eigenvalue weighted by Crippen LogP contribution is 2.74. The van der Waals surface area contributed by atoms with Crippen molar-refractivity contribution in [1.82, 2.24) is 0 Å². The second kappa shape index (κ2) is 17.2. The van der Waals surface area contributed by atoms with E-state index in [2.05, 4.69) is 0 Å². The van der Waals surface area contributed by atoms with Crippen LogP contribution in [0.15, 0.2) is 0 Å². The maximum absolute atomic E-state index is 12.9. The van der Waals surface area contributed by atoms with E-state index in [0.29, 0.717) is 0 Å². The van der Waals surface area contributed by atoms with Gasteiger partial charge in [0.15, 0.2) is 0 Å². The molecule has 8 atom stereocenters. The number of hydrogen-bond donors (Lipinski definition) is 20. The van der Waals surface area contributed by atoms with Crippen LogP contribution in [0.2, 0.25) is 0 Å². The molecule has 0 rings (SSSR count). The van der Waals surface area contributed by atoms with Gasteiger partial charge in [-0.15, -0.1) is 0 Å². The van der Waals surface area contributed by atoms with Gasteiger partial charge >= 0.3 is 76.0 Å². The molecule has 8 unspecified atom stereocenters. The van der Waals surface area contributed by atoms with Crippen LogP contribution in [0.5, 0.6) is 0 Å². The smallest absolute Gasteiger partial charge is 0.324 e. The van der Waals surface area contributed by atoms with Crippen molar-refractivity contribution in [3.63, 3.8) is 0 Å². The number of rotatable bonds is 19. The average Bonchev–Trinajstić information content (AvgIpc) is 2.70. The van der Waals surface area contributed by atoms with E-state index in [0.717, 1.165) is 0 Å². The fraction of sp³-hybridized carbons (Fsp3) is 1.00. The number of hydrogen-bond acceptors (Lipinski definition) is 10. The summed E-state index contributed by atoms with van der Waals surface area (Å²) in [5.41, 5.74) is -35.1. The molecule has 20 N–H and O–H groups in total. The molecule has 0 aliphatic heterocycles. The summed E-state index contributed by atoms with van der Waals surface area (Å²) in [4.78, 5) is 197. The zero-order valence-electron chi connectivity index (χ0n) is 24.1. The van der Waals surface area contributed by atoms with Gasteiger partial charge in [-0.05, 0) is 0 Å². The van der Waals surface area contributed by atoms with Crippen LogP contribution in [-0.4, -0.2) is 164 Å². The van der Waals surface area contributed by atoms with Gasteiger partial charge < -0.3 is 97.9 Å². The maximum atomic E-state index is 12.9. The van der Waals surface area contributed by atoms with Crippen LogP contribution < -0.4 is 0 Å². The van der Waals surface area contributed by atoms with Crippen LogP contribution in [0.25, 0.3) is 0 Å². The van der Waals surface area contributed by atoms with E-state index >= 15 is 0 Å². The Morgan fingerprint density at radius 3 is 0.490 bits per heavy atom. The van der Waals surface area contributed by atoms with Crippen molar-refractivity contribution in [1.29, 1.82) is 0 Å². The molecule has 0 aliphatic rings. The Balaban J connectivity index is 0. The van der Waals surface area contributed by atoms with Gasteiger partial charge in [0.2, 0.25) is 0 Å². The quantitative estimate of drug-likeness (QED) is 0.0427. The molecule has 0 spiro atoms. The standard InChI is InChI=1S/C10H32O30P10.B/c11-41(12,13)1-3(43(17,18)19)5(45(23,24)25)7(47(29,30)31)9(49(35,36)37)10(50(38,39)40)8(48(32,33)34)6(46(26,27)28)4(44(20,21)22)2-42(14,15)16;/h3-10H,1-2H2,(H2,11,12,13)(H2,14,15,16)(H2,17,18,19)(H2,20,21,22)(H2,23,24,25)(H2,26,27,28)(H2,29,30,31)(H2,32,33,34)(H2,35,36,37)(H2,38,39,40);. The molecule has 305 valence electrons. The molecule has 3 radical (unpaired) electrons. The first kappa shape index (κ1) is 54.7. The van der Waals surface area contributed by atoms with E-state index in [9.17, 15) is 144 Å². The Morgan fingerprint density at radius 1 is 0.255 bits per heavy atom. The van der Waals surface area contributed by atoms with Crippen LogP contribution >= 0.6 is 76.0 Å². The summed E-state index contributed by atoms with van der Waals surface area (Å²) in [6.07, 6.45) is -5.18. The van der Waals surface area contributed by atoms with Gasteiger partial charge in [0, 0.05) is 8.41 Å². The zero-order chi connectivity index (χ0) is 41.0. The monoisotopic (exact) mass is 953 g/mol. The van der Waals surface area contributed by atoms with E-state index in [1.165, 1.54) is 0 Å². The summed E-state index contributed by atoms with van der Waals surface area (Å²) in [5, 5.41) is 0. The molecule has 0 aromatic rings. The molecule has 0 heterocycles. The highest BCUT2D eigenvalue weighted by Gasteiger charge is 2.70. The van der Waals surface area contributed by atoms with Crippen molar-refractivity contribution >= 4 is 84.4 Å². The SMILES string of the molecule is O=P(O)(O)CC(C(C(C(C(C(C(C(CP(=O)(O)O)P(=O)(O)O)P(=O)(O)O)P(=O)(O)O)P(=O)(O)O)P(=O)(O)O)P(=O)(O)O)P(=O)(O)O)P(=O)(O)O.[B]. The molecule has 0 aliphatic carbocycles. The lowest BCUT2D eigenvalue weighted by Crippen LogP contribution is -2.55. The van der Waals surface area contributed by atoms with Crippen molar-refractivity contribution < 1.29 is 144 Å². The minimum Gasteiger partial charge on any atom is -0.324 e.